The van der Waals surface area contributed by atoms with Crippen molar-refractivity contribution in [1.82, 2.24) is 14.9 Å². The summed E-state index contributed by atoms with van der Waals surface area (Å²) in [6, 6.07) is 14.8. The van der Waals surface area contributed by atoms with Gasteiger partial charge in [-0.1, -0.05) is 48.5 Å². The topological polar surface area (TPSA) is 87.5 Å². The van der Waals surface area contributed by atoms with Gasteiger partial charge in [-0.15, -0.1) is 0 Å². The molecule has 1 spiro atoms. The lowest BCUT2D eigenvalue weighted by Gasteiger charge is -2.52. The number of benzene rings is 2. The fourth-order valence-corrected chi connectivity index (χ4v) is 4.28. The molecule has 134 valence electrons. The smallest absolute Gasteiger partial charge is 0.262 e. The minimum Gasteiger partial charge on any atom is -0.379 e. The van der Waals surface area contributed by atoms with Crippen molar-refractivity contribution in [2.24, 2.45) is 0 Å². The van der Waals surface area contributed by atoms with Crippen molar-refractivity contribution >= 4 is 23.2 Å². The Morgan fingerprint density at radius 1 is 0.846 bits per heavy atom. The van der Waals surface area contributed by atoms with E-state index < -0.39 is 31.6 Å². The Hall–Kier alpha value is -2.36. The number of carbonyl (C=O) groups excluding carboxylic acids is 1. The highest BCUT2D eigenvalue weighted by Crippen LogP contribution is 2.53. The van der Waals surface area contributed by atoms with E-state index in [2.05, 4.69) is 0 Å². The van der Waals surface area contributed by atoms with Crippen molar-refractivity contribution in [2.75, 3.05) is 20.2 Å². The predicted octanol–water partition coefficient (Wildman–Crippen LogP) is 0.406. The molecule has 0 bridgehead atoms. The van der Waals surface area contributed by atoms with Crippen molar-refractivity contribution in [3.05, 3.63) is 59.7 Å². The van der Waals surface area contributed by atoms with Crippen molar-refractivity contribution in [2.45, 2.75) is 5.54 Å². The lowest BCUT2D eigenvalue weighted by atomic mass is 9.84. The second kappa shape index (κ2) is 6.11. The SMILES string of the molecule is O=C1N(CO)C(=S)N(CO)N(CO)C12c1ccccc1-c1ccccc12. The van der Waals surface area contributed by atoms with Crippen LogP contribution in [0.4, 0.5) is 0 Å². The monoisotopic (exact) mass is 371 g/mol. The zero-order valence-electron chi connectivity index (χ0n) is 13.7. The Bertz CT molecular complexity index is 858. The standard InChI is InChI=1S/C18H17N3O4S/c22-9-19-16(25)18(21(11-24)20(10-23)17(19)26)14-7-3-1-5-12(14)13-6-2-4-8-15(13)18/h1-8,22-24H,9-11H2. The van der Waals surface area contributed by atoms with Gasteiger partial charge < -0.3 is 15.3 Å². The minimum atomic E-state index is -1.42. The van der Waals surface area contributed by atoms with Gasteiger partial charge in [0, 0.05) is 0 Å². The molecule has 26 heavy (non-hydrogen) atoms. The van der Waals surface area contributed by atoms with Gasteiger partial charge in [0.2, 0.25) is 0 Å². The number of aliphatic hydroxyl groups is 3. The molecular formula is C18H17N3O4S. The number of hydrogen-bond acceptors (Lipinski definition) is 6. The molecule has 3 N–H and O–H groups in total. The summed E-state index contributed by atoms with van der Waals surface area (Å²) in [4.78, 5) is 14.6. The molecular weight excluding hydrogens is 354 g/mol. The molecule has 2 aliphatic rings. The highest BCUT2D eigenvalue weighted by atomic mass is 32.1. The van der Waals surface area contributed by atoms with Crippen LogP contribution < -0.4 is 0 Å². The Balaban J connectivity index is 2.09. The van der Waals surface area contributed by atoms with Gasteiger partial charge in [-0.05, 0) is 34.5 Å². The van der Waals surface area contributed by atoms with E-state index in [0.717, 1.165) is 16.0 Å². The molecule has 4 rings (SSSR count). The van der Waals surface area contributed by atoms with Gasteiger partial charge in [0.25, 0.3) is 5.91 Å². The Kier molecular flexibility index (Phi) is 4.02. The van der Waals surface area contributed by atoms with Gasteiger partial charge in [-0.25, -0.2) is 0 Å². The molecule has 0 aromatic heterocycles. The first-order valence-electron chi connectivity index (χ1n) is 8.05. The molecule has 1 aliphatic carbocycles. The van der Waals surface area contributed by atoms with Crippen LogP contribution in [0.2, 0.25) is 0 Å². The van der Waals surface area contributed by atoms with Crippen LogP contribution in [0.5, 0.6) is 0 Å². The van der Waals surface area contributed by atoms with Crippen LogP contribution in [-0.4, -0.2) is 61.4 Å². The normalized spacial score (nSPS) is 18.4. The number of thiocarbonyl (C=S) groups is 1. The van der Waals surface area contributed by atoms with Crippen molar-refractivity contribution < 1.29 is 20.1 Å². The molecule has 1 heterocycles. The summed E-state index contributed by atoms with van der Waals surface area (Å²) >= 11 is 5.24. The number of nitrogens with zero attached hydrogens (tertiary/aromatic N) is 3. The Morgan fingerprint density at radius 3 is 1.85 bits per heavy atom. The van der Waals surface area contributed by atoms with Crippen LogP contribution >= 0.6 is 12.2 Å². The summed E-state index contributed by atoms with van der Waals surface area (Å²) in [6.07, 6.45) is 0. The van der Waals surface area contributed by atoms with E-state index in [1.165, 1.54) is 10.0 Å². The van der Waals surface area contributed by atoms with Gasteiger partial charge in [0.05, 0.1) is 0 Å². The van der Waals surface area contributed by atoms with Crippen LogP contribution in [-0.2, 0) is 10.3 Å². The second-order valence-electron chi connectivity index (χ2n) is 6.04. The maximum atomic E-state index is 13.6. The van der Waals surface area contributed by atoms with Crippen molar-refractivity contribution in [3.63, 3.8) is 0 Å². The molecule has 2 aromatic rings. The first-order valence-corrected chi connectivity index (χ1v) is 8.46. The molecule has 1 saturated heterocycles. The van der Waals surface area contributed by atoms with E-state index in [0.29, 0.717) is 11.1 Å². The molecule has 0 radical (unpaired) electrons. The predicted molar refractivity (Wildman–Crippen MR) is 97.0 cm³/mol. The van der Waals surface area contributed by atoms with Crippen LogP contribution in [0, 0.1) is 0 Å². The fraction of sp³-hybridized carbons (Fsp3) is 0.222. The maximum Gasteiger partial charge on any atom is 0.262 e. The van der Waals surface area contributed by atoms with E-state index >= 15 is 0 Å². The average molecular weight is 371 g/mol. The highest BCUT2D eigenvalue weighted by molar-refractivity contribution is 7.80. The first kappa shape index (κ1) is 17.1. The number of fused-ring (bicyclic) bond motifs is 5. The second-order valence-corrected chi connectivity index (χ2v) is 6.41. The average Bonchev–Trinajstić information content (AvgIpc) is 2.97. The van der Waals surface area contributed by atoms with Crippen LogP contribution in [0.25, 0.3) is 11.1 Å². The maximum absolute atomic E-state index is 13.6. The molecule has 0 atom stereocenters. The van der Waals surface area contributed by atoms with E-state index in [1.807, 2.05) is 48.5 Å². The molecule has 1 fully saturated rings. The quantitative estimate of drug-likeness (QED) is 0.674. The van der Waals surface area contributed by atoms with Gasteiger partial charge in [-0.2, -0.15) is 5.01 Å². The third-order valence-electron chi connectivity index (χ3n) is 5.02. The minimum absolute atomic E-state index is 0.0680. The summed E-state index contributed by atoms with van der Waals surface area (Å²) in [5, 5.41) is 32.3. The molecule has 2 aromatic carbocycles. The van der Waals surface area contributed by atoms with Gasteiger partial charge in [0.1, 0.15) is 20.2 Å². The number of hydrazine groups is 1. The zero-order valence-corrected chi connectivity index (χ0v) is 14.6. The number of rotatable bonds is 3. The lowest BCUT2D eigenvalue weighted by molar-refractivity contribution is -0.183. The van der Waals surface area contributed by atoms with Crippen LogP contribution in [0.15, 0.2) is 48.5 Å². The molecule has 1 amide bonds. The highest BCUT2D eigenvalue weighted by Gasteiger charge is 2.60. The third-order valence-corrected chi connectivity index (χ3v) is 5.45. The van der Waals surface area contributed by atoms with E-state index in [-0.39, 0.29) is 5.11 Å². The Labute approximate surface area is 155 Å². The zero-order chi connectivity index (χ0) is 18.5. The lowest BCUT2D eigenvalue weighted by Crippen LogP contribution is -2.72. The number of hydrogen-bond donors (Lipinski definition) is 3. The molecule has 0 unspecified atom stereocenters. The van der Waals surface area contributed by atoms with Gasteiger partial charge in [0.15, 0.2) is 10.7 Å². The third kappa shape index (κ3) is 1.90. The summed E-state index contributed by atoms with van der Waals surface area (Å²) in [5.41, 5.74) is 1.63. The molecule has 7 nitrogen and oxygen atoms in total. The number of carbonyl (C=O) groups is 1. The largest absolute Gasteiger partial charge is 0.379 e. The summed E-state index contributed by atoms with van der Waals surface area (Å²) in [6.45, 7) is -1.72. The van der Waals surface area contributed by atoms with Crippen LogP contribution in [0.3, 0.4) is 0 Å². The first-order chi connectivity index (χ1) is 12.6. The summed E-state index contributed by atoms with van der Waals surface area (Å²) in [5.74, 6) is -0.471. The Morgan fingerprint density at radius 2 is 1.38 bits per heavy atom. The van der Waals surface area contributed by atoms with Gasteiger partial charge >= 0.3 is 0 Å². The summed E-state index contributed by atoms with van der Waals surface area (Å²) in [7, 11) is 0. The van der Waals surface area contributed by atoms with E-state index in [4.69, 9.17) is 12.2 Å². The fourth-order valence-electron chi connectivity index (χ4n) is 3.98. The number of amides is 1. The van der Waals surface area contributed by atoms with Crippen molar-refractivity contribution in [1.29, 1.82) is 0 Å². The summed E-state index contributed by atoms with van der Waals surface area (Å²) < 4.78 is 0. The van der Waals surface area contributed by atoms with E-state index in [9.17, 15) is 20.1 Å². The molecule has 1 aliphatic heterocycles. The van der Waals surface area contributed by atoms with Crippen molar-refractivity contribution in [3.8, 4) is 11.1 Å². The van der Waals surface area contributed by atoms with Gasteiger partial charge in [-0.3, -0.25) is 14.7 Å². The molecule has 8 heteroatoms. The van der Waals surface area contributed by atoms with Crippen LogP contribution in [0.1, 0.15) is 11.1 Å². The van der Waals surface area contributed by atoms with E-state index in [1.54, 1.807) is 0 Å². The number of aliphatic hydroxyl groups excluding tert-OH is 3. The molecule has 0 saturated carbocycles.